The number of carbonyl (C=O) groups is 2. The van der Waals surface area contributed by atoms with Crippen molar-refractivity contribution in [3.63, 3.8) is 0 Å². The van der Waals surface area contributed by atoms with Crippen molar-refractivity contribution in [2.24, 2.45) is 0 Å². The lowest BCUT2D eigenvalue weighted by molar-refractivity contribution is -0.137. The van der Waals surface area contributed by atoms with E-state index >= 15 is 0 Å². The molecule has 1 aliphatic heterocycles. The number of ether oxygens (including phenoxy) is 2. The average Bonchev–Trinajstić information content (AvgIpc) is 3.56. The van der Waals surface area contributed by atoms with E-state index in [0.29, 0.717) is 47.7 Å². The zero-order chi connectivity index (χ0) is 29.3. The molecule has 1 saturated heterocycles. The predicted octanol–water partition coefficient (Wildman–Crippen LogP) is 7.10. The van der Waals surface area contributed by atoms with Crippen LogP contribution in [0.25, 0.3) is 16.9 Å². The van der Waals surface area contributed by atoms with Crippen LogP contribution in [0.4, 0.5) is 23.2 Å². The maximum absolute atomic E-state index is 13.8. The Hall–Kier alpha value is -4.60. The number of esters is 1. The Morgan fingerprint density at radius 1 is 1.00 bits per heavy atom. The van der Waals surface area contributed by atoms with Crippen molar-refractivity contribution in [1.29, 1.82) is 0 Å². The fourth-order valence-electron chi connectivity index (χ4n) is 5.00. The quantitative estimate of drug-likeness (QED) is 0.177. The number of hydrogen-bond donors (Lipinski definition) is 0. The summed E-state index contributed by atoms with van der Waals surface area (Å²) < 4.78 is 67.6. The second-order valence-electron chi connectivity index (χ2n) is 9.63. The third kappa shape index (κ3) is 5.54. The van der Waals surface area contributed by atoms with Gasteiger partial charge in [0.2, 0.25) is 5.91 Å². The van der Waals surface area contributed by atoms with Gasteiger partial charge in [-0.05, 0) is 73.5 Å². The minimum atomic E-state index is -4.62. The zero-order valence-electron chi connectivity index (χ0n) is 22.3. The van der Waals surface area contributed by atoms with E-state index in [1.165, 1.54) is 42.3 Å². The van der Waals surface area contributed by atoms with Gasteiger partial charge in [0, 0.05) is 24.2 Å². The predicted molar refractivity (Wildman–Crippen MR) is 145 cm³/mol. The Balaban J connectivity index is 1.69. The molecule has 3 aromatic carbocycles. The first-order valence-electron chi connectivity index (χ1n) is 12.9. The minimum absolute atomic E-state index is 0.0102. The van der Waals surface area contributed by atoms with E-state index in [-0.39, 0.29) is 29.4 Å². The molecule has 6 nitrogen and oxygen atoms in total. The molecule has 1 fully saturated rings. The number of methoxy groups -OCH3 is 1. The summed E-state index contributed by atoms with van der Waals surface area (Å²) in [6.07, 6.45) is -3.71. The third-order valence-corrected chi connectivity index (χ3v) is 6.97. The Bertz CT molecular complexity index is 1610. The molecule has 0 bridgehead atoms. The molecule has 0 aliphatic carbocycles. The lowest BCUT2D eigenvalue weighted by Gasteiger charge is -2.25. The largest absolute Gasteiger partial charge is 0.488 e. The first-order valence-corrected chi connectivity index (χ1v) is 12.9. The molecule has 0 atom stereocenters. The van der Waals surface area contributed by atoms with Gasteiger partial charge in [0.25, 0.3) is 0 Å². The van der Waals surface area contributed by atoms with Gasteiger partial charge in [-0.15, -0.1) is 0 Å². The van der Waals surface area contributed by atoms with Crippen molar-refractivity contribution in [3.05, 3.63) is 101 Å². The van der Waals surface area contributed by atoms with Crippen LogP contribution in [0.3, 0.4) is 0 Å². The minimum Gasteiger partial charge on any atom is -0.488 e. The van der Waals surface area contributed by atoms with E-state index in [1.54, 1.807) is 41.8 Å². The number of aryl methyl sites for hydroxylation is 1. The Kier molecular flexibility index (Phi) is 7.57. The van der Waals surface area contributed by atoms with Gasteiger partial charge in [-0.2, -0.15) is 13.2 Å². The zero-order valence-corrected chi connectivity index (χ0v) is 22.3. The first kappa shape index (κ1) is 27.9. The highest BCUT2D eigenvalue weighted by Crippen LogP contribution is 2.41. The molecule has 5 rings (SSSR count). The van der Waals surface area contributed by atoms with Crippen LogP contribution in [0.5, 0.6) is 5.75 Å². The van der Waals surface area contributed by atoms with Crippen molar-refractivity contribution >= 4 is 17.6 Å². The van der Waals surface area contributed by atoms with Crippen LogP contribution in [-0.4, -0.2) is 30.1 Å². The second kappa shape index (κ2) is 11.1. The standard InChI is InChI=1S/C31H26F4N2O4/c1-19-8-14-25(37(19)26-6-3-5-23(30(39)40-2)29(26)36-16-4-7-28(36)38)24-17-21(31(33,34)35)11-15-27(24)41-18-20-9-12-22(32)13-10-20/h3,5-6,8-15,17H,4,7,16,18H2,1-2H3. The summed E-state index contributed by atoms with van der Waals surface area (Å²) in [6, 6.07) is 17.1. The SMILES string of the molecule is COC(=O)c1cccc(-n2c(C)ccc2-c2cc(C(F)(F)F)ccc2OCc2ccc(F)cc2)c1N1CCCC1=O. The van der Waals surface area contributed by atoms with E-state index in [1.807, 2.05) is 0 Å². The monoisotopic (exact) mass is 566 g/mol. The lowest BCUT2D eigenvalue weighted by atomic mass is 10.0. The second-order valence-corrected chi connectivity index (χ2v) is 9.63. The molecule has 1 aliphatic rings. The van der Waals surface area contributed by atoms with Crippen LogP contribution < -0.4 is 9.64 Å². The molecule has 1 aromatic heterocycles. The van der Waals surface area contributed by atoms with Gasteiger partial charge < -0.3 is 18.9 Å². The molecule has 0 saturated carbocycles. The van der Waals surface area contributed by atoms with Crippen molar-refractivity contribution in [2.45, 2.75) is 32.5 Å². The Labute approximate surface area is 233 Å². The van der Waals surface area contributed by atoms with Crippen molar-refractivity contribution < 1.29 is 36.6 Å². The number of amides is 1. The van der Waals surface area contributed by atoms with Crippen LogP contribution in [0.2, 0.25) is 0 Å². The van der Waals surface area contributed by atoms with Crippen LogP contribution in [0.1, 0.15) is 40.0 Å². The summed E-state index contributed by atoms with van der Waals surface area (Å²) in [4.78, 5) is 27.1. The summed E-state index contributed by atoms with van der Waals surface area (Å²) in [5.41, 5.74) is 1.84. The molecule has 0 unspecified atom stereocenters. The first-order chi connectivity index (χ1) is 19.6. The van der Waals surface area contributed by atoms with E-state index in [9.17, 15) is 27.2 Å². The van der Waals surface area contributed by atoms with Gasteiger partial charge in [0.15, 0.2) is 0 Å². The van der Waals surface area contributed by atoms with Gasteiger partial charge in [-0.3, -0.25) is 4.79 Å². The van der Waals surface area contributed by atoms with E-state index in [0.717, 1.165) is 12.1 Å². The molecule has 0 radical (unpaired) electrons. The number of benzene rings is 3. The van der Waals surface area contributed by atoms with Gasteiger partial charge >= 0.3 is 12.1 Å². The van der Waals surface area contributed by atoms with E-state index in [2.05, 4.69) is 0 Å². The Morgan fingerprint density at radius 2 is 1.76 bits per heavy atom. The highest BCUT2D eigenvalue weighted by Gasteiger charge is 2.33. The number of hydrogen-bond acceptors (Lipinski definition) is 4. The van der Waals surface area contributed by atoms with Gasteiger partial charge in [-0.1, -0.05) is 18.2 Å². The average molecular weight is 567 g/mol. The lowest BCUT2D eigenvalue weighted by Crippen LogP contribution is -2.28. The van der Waals surface area contributed by atoms with Gasteiger partial charge in [0.1, 0.15) is 18.2 Å². The molecule has 10 heteroatoms. The molecular weight excluding hydrogens is 540 g/mol. The van der Waals surface area contributed by atoms with E-state index in [4.69, 9.17) is 9.47 Å². The molecule has 1 amide bonds. The van der Waals surface area contributed by atoms with E-state index < -0.39 is 23.5 Å². The molecule has 212 valence electrons. The molecule has 0 spiro atoms. The number of halogens is 4. The number of aromatic nitrogens is 1. The molecule has 4 aromatic rings. The number of alkyl halides is 3. The van der Waals surface area contributed by atoms with Crippen LogP contribution >= 0.6 is 0 Å². The fraction of sp³-hybridized carbons (Fsp3) is 0.226. The van der Waals surface area contributed by atoms with Crippen molar-refractivity contribution in [3.8, 4) is 22.7 Å². The molecular formula is C31H26F4N2O4. The summed E-state index contributed by atoms with van der Waals surface area (Å²) in [5, 5.41) is 0. The van der Waals surface area contributed by atoms with Crippen LogP contribution in [-0.2, 0) is 22.3 Å². The number of rotatable bonds is 7. The molecule has 0 N–H and O–H groups in total. The van der Waals surface area contributed by atoms with Crippen molar-refractivity contribution in [2.75, 3.05) is 18.6 Å². The maximum atomic E-state index is 13.8. The Morgan fingerprint density at radius 3 is 2.41 bits per heavy atom. The normalized spacial score (nSPS) is 13.5. The van der Waals surface area contributed by atoms with Crippen molar-refractivity contribution in [1.82, 2.24) is 4.57 Å². The summed E-state index contributed by atoms with van der Waals surface area (Å²) in [5.74, 6) is -1.06. The maximum Gasteiger partial charge on any atom is 0.416 e. The topological polar surface area (TPSA) is 60.8 Å². The number of nitrogens with zero attached hydrogens (tertiary/aromatic N) is 2. The van der Waals surface area contributed by atoms with Crippen LogP contribution in [0.15, 0.2) is 72.8 Å². The third-order valence-electron chi connectivity index (χ3n) is 6.97. The fourth-order valence-corrected chi connectivity index (χ4v) is 5.00. The number of anilines is 1. The smallest absolute Gasteiger partial charge is 0.416 e. The number of para-hydroxylation sites is 1. The molecule has 41 heavy (non-hydrogen) atoms. The van der Waals surface area contributed by atoms with Gasteiger partial charge in [0.05, 0.1) is 35.3 Å². The number of carbonyl (C=O) groups excluding carboxylic acids is 2. The van der Waals surface area contributed by atoms with Crippen LogP contribution in [0, 0.1) is 12.7 Å². The highest BCUT2D eigenvalue weighted by molar-refractivity contribution is 6.06. The highest BCUT2D eigenvalue weighted by atomic mass is 19.4. The summed E-state index contributed by atoms with van der Waals surface area (Å²) in [7, 11) is 1.24. The summed E-state index contributed by atoms with van der Waals surface area (Å²) >= 11 is 0. The summed E-state index contributed by atoms with van der Waals surface area (Å²) in [6.45, 7) is 2.14. The molecule has 2 heterocycles. The van der Waals surface area contributed by atoms with Gasteiger partial charge in [-0.25, -0.2) is 9.18 Å².